The van der Waals surface area contributed by atoms with Crippen LogP contribution in [-0.4, -0.2) is 5.78 Å². The SMILES string of the molecule is Cc1ccc(C=CC(=O)c2ccccc2)cc1Br. The number of rotatable bonds is 3. The molecule has 0 aliphatic heterocycles. The molecule has 0 unspecified atom stereocenters. The zero-order valence-corrected chi connectivity index (χ0v) is 11.6. The van der Waals surface area contributed by atoms with E-state index in [1.165, 1.54) is 5.56 Å². The van der Waals surface area contributed by atoms with Crippen LogP contribution in [-0.2, 0) is 0 Å². The van der Waals surface area contributed by atoms with Gasteiger partial charge in [0.25, 0.3) is 0 Å². The molecule has 0 amide bonds. The fraction of sp³-hybridized carbons (Fsp3) is 0.0625. The molecule has 0 aromatic heterocycles. The van der Waals surface area contributed by atoms with Crippen molar-refractivity contribution in [3.63, 3.8) is 0 Å². The molecule has 90 valence electrons. The molecule has 0 saturated heterocycles. The van der Waals surface area contributed by atoms with E-state index in [2.05, 4.69) is 15.9 Å². The second kappa shape index (κ2) is 5.78. The molecule has 0 heterocycles. The summed E-state index contributed by atoms with van der Waals surface area (Å²) in [5.41, 5.74) is 2.90. The highest BCUT2D eigenvalue weighted by Crippen LogP contribution is 2.18. The minimum absolute atomic E-state index is 0.0206. The van der Waals surface area contributed by atoms with Gasteiger partial charge in [-0.15, -0.1) is 0 Å². The minimum atomic E-state index is 0.0206. The smallest absolute Gasteiger partial charge is 0.185 e. The third-order valence-electron chi connectivity index (χ3n) is 2.68. The Morgan fingerprint density at radius 1 is 1.11 bits per heavy atom. The van der Waals surface area contributed by atoms with E-state index in [0.717, 1.165) is 10.0 Å². The molecule has 0 bridgehead atoms. The summed E-state index contributed by atoms with van der Waals surface area (Å²) < 4.78 is 1.05. The molecule has 0 aliphatic rings. The van der Waals surface area contributed by atoms with E-state index in [1.54, 1.807) is 6.08 Å². The van der Waals surface area contributed by atoms with Crippen molar-refractivity contribution in [2.24, 2.45) is 0 Å². The van der Waals surface area contributed by atoms with Gasteiger partial charge in [0, 0.05) is 10.0 Å². The van der Waals surface area contributed by atoms with Crippen molar-refractivity contribution in [1.82, 2.24) is 0 Å². The van der Waals surface area contributed by atoms with Crippen molar-refractivity contribution in [1.29, 1.82) is 0 Å². The third kappa shape index (κ3) is 3.17. The number of hydrogen-bond donors (Lipinski definition) is 0. The van der Waals surface area contributed by atoms with Crippen molar-refractivity contribution in [3.8, 4) is 0 Å². The Morgan fingerprint density at radius 2 is 1.83 bits per heavy atom. The highest BCUT2D eigenvalue weighted by Gasteiger charge is 2.00. The van der Waals surface area contributed by atoms with Crippen LogP contribution in [0, 0.1) is 6.92 Å². The molecule has 1 nitrogen and oxygen atoms in total. The predicted octanol–water partition coefficient (Wildman–Crippen LogP) is 4.65. The van der Waals surface area contributed by atoms with Crippen molar-refractivity contribution in [2.45, 2.75) is 6.92 Å². The van der Waals surface area contributed by atoms with E-state index >= 15 is 0 Å². The molecule has 0 aliphatic carbocycles. The van der Waals surface area contributed by atoms with Gasteiger partial charge >= 0.3 is 0 Å². The first-order chi connectivity index (χ1) is 8.66. The highest BCUT2D eigenvalue weighted by molar-refractivity contribution is 9.10. The summed E-state index contributed by atoms with van der Waals surface area (Å²) in [4.78, 5) is 11.9. The van der Waals surface area contributed by atoms with E-state index in [1.807, 2.05) is 61.5 Å². The first-order valence-electron chi connectivity index (χ1n) is 5.70. The molecule has 0 radical (unpaired) electrons. The number of hydrogen-bond acceptors (Lipinski definition) is 1. The fourth-order valence-electron chi connectivity index (χ4n) is 1.58. The first kappa shape index (κ1) is 12.8. The lowest BCUT2D eigenvalue weighted by Crippen LogP contribution is -1.92. The zero-order chi connectivity index (χ0) is 13.0. The predicted molar refractivity (Wildman–Crippen MR) is 78.7 cm³/mol. The second-order valence-corrected chi connectivity index (χ2v) is 4.93. The van der Waals surface area contributed by atoms with E-state index in [9.17, 15) is 4.79 Å². The summed E-state index contributed by atoms with van der Waals surface area (Å²) in [5, 5.41) is 0. The van der Waals surface area contributed by atoms with Crippen LogP contribution in [0.5, 0.6) is 0 Å². The van der Waals surface area contributed by atoms with Crippen molar-refractivity contribution in [2.75, 3.05) is 0 Å². The molecule has 0 atom stereocenters. The van der Waals surface area contributed by atoms with Gasteiger partial charge in [-0.25, -0.2) is 0 Å². The Labute approximate surface area is 115 Å². The van der Waals surface area contributed by atoms with E-state index in [4.69, 9.17) is 0 Å². The molecule has 18 heavy (non-hydrogen) atoms. The van der Waals surface area contributed by atoms with Crippen LogP contribution in [0.3, 0.4) is 0 Å². The number of halogens is 1. The topological polar surface area (TPSA) is 17.1 Å². The molecular weight excluding hydrogens is 288 g/mol. The van der Waals surface area contributed by atoms with Gasteiger partial charge in [-0.3, -0.25) is 4.79 Å². The van der Waals surface area contributed by atoms with Gasteiger partial charge in [-0.1, -0.05) is 64.5 Å². The van der Waals surface area contributed by atoms with Gasteiger partial charge in [-0.2, -0.15) is 0 Å². The van der Waals surface area contributed by atoms with Crippen molar-refractivity contribution in [3.05, 3.63) is 75.8 Å². The number of aryl methyl sites for hydroxylation is 1. The molecule has 0 N–H and O–H groups in total. The van der Waals surface area contributed by atoms with Gasteiger partial charge in [-0.05, 0) is 30.2 Å². The standard InChI is InChI=1S/C16H13BrO/c1-12-7-8-13(11-15(12)17)9-10-16(18)14-5-3-2-4-6-14/h2-11H,1H3. The molecule has 0 fully saturated rings. The summed E-state index contributed by atoms with van der Waals surface area (Å²) in [5.74, 6) is 0.0206. The number of benzene rings is 2. The molecular formula is C16H13BrO. The number of carbonyl (C=O) groups is 1. The maximum absolute atomic E-state index is 11.9. The van der Waals surface area contributed by atoms with Crippen LogP contribution < -0.4 is 0 Å². The first-order valence-corrected chi connectivity index (χ1v) is 6.50. The molecule has 0 saturated carbocycles. The van der Waals surface area contributed by atoms with E-state index < -0.39 is 0 Å². The average Bonchev–Trinajstić information content (AvgIpc) is 2.41. The Kier molecular flexibility index (Phi) is 4.11. The van der Waals surface area contributed by atoms with Crippen LogP contribution >= 0.6 is 15.9 Å². The van der Waals surface area contributed by atoms with Crippen LogP contribution in [0.1, 0.15) is 21.5 Å². The van der Waals surface area contributed by atoms with Crippen LogP contribution in [0.4, 0.5) is 0 Å². The van der Waals surface area contributed by atoms with Gasteiger partial charge in [0.2, 0.25) is 0 Å². The molecule has 2 rings (SSSR count). The number of allylic oxidation sites excluding steroid dienone is 1. The van der Waals surface area contributed by atoms with Crippen LogP contribution in [0.15, 0.2) is 59.1 Å². The van der Waals surface area contributed by atoms with E-state index in [0.29, 0.717) is 5.56 Å². The molecule has 2 aromatic carbocycles. The minimum Gasteiger partial charge on any atom is -0.289 e. The summed E-state index contributed by atoms with van der Waals surface area (Å²) >= 11 is 3.48. The van der Waals surface area contributed by atoms with Gasteiger partial charge in [0.15, 0.2) is 5.78 Å². The molecule has 2 aromatic rings. The maximum atomic E-state index is 11.9. The van der Waals surface area contributed by atoms with Crippen LogP contribution in [0.25, 0.3) is 6.08 Å². The second-order valence-electron chi connectivity index (χ2n) is 4.07. The van der Waals surface area contributed by atoms with Gasteiger partial charge < -0.3 is 0 Å². The Hall–Kier alpha value is -1.67. The maximum Gasteiger partial charge on any atom is 0.185 e. The lowest BCUT2D eigenvalue weighted by molar-refractivity contribution is 0.104. The average molecular weight is 301 g/mol. The summed E-state index contributed by atoms with van der Waals surface area (Å²) in [6, 6.07) is 15.3. The summed E-state index contributed by atoms with van der Waals surface area (Å²) in [6.07, 6.45) is 3.44. The fourth-order valence-corrected chi connectivity index (χ4v) is 1.98. The Balaban J connectivity index is 2.16. The Bertz CT molecular complexity index is 585. The lowest BCUT2D eigenvalue weighted by atomic mass is 10.1. The zero-order valence-electron chi connectivity index (χ0n) is 10.1. The molecule has 2 heteroatoms. The highest BCUT2D eigenvalue weighted by atomic mass is 79.9. The van der Waals surface area contributed by atoms with Crippen molar-refractivity contribution < 1.29 is 4.79 Å². The van der Waals surface area contributed by atoms with Crippen LogP contribution in [0.2, 0.25) is 0 Å². The number of carbonyl (C=O) groups excluding carboxylic acids is 1. The normalized spacial score (nSPS) is 10.8. The lowest BCUT2D eigenvalue weighted by Gasteiger charge is -1.99. The van der Waals surface area contributed by atoms with Gasteiger partial charge in [0.05, 0.1) is 0 Å². The molecule has 0 spiro atoms. The van der Waals surface area contributed by atoms with Gasteiger partial charge in [0.1, 0.15) is 0 Å². The third-order valence-corrected chi connectivity index (χ3v) is 3.54. The quantitative estimate of drug-likeness (QED) is 0.595. The summed E-state index contributed by atoms with van der Waals surface area (Å²) in [6.45, 7) is 2.03. The Morgan fingerprint density at radius 3 is 2.50 bits per heavy atom. The summed E-state index contributed by atoms with van der Waals surface area (Å²) in [7, 11) is 0. The van der Waals surface area contributed by atoms with Crippen molar-refractivity contribution >= 4 is 27.8 Å². The van der Waals surface area contributed by atoms with E-state index in [-0.39, 0.29) is 5.78 Å². The number of ketones is 1. The largest absolute Gasteiger partial charge is 0.289 e. The monoisotopic (exact) mass is 300 g/mol.